The van der Waals surface area contributed by atoms with E-state index < -0.39 is 16.8 Å². The second-order valence-corrected chi connectivity index (χ2v) is 6.61. The van der Waals surface area contributed by atoms with Gasteiger partial charge in [0, 0.05) is 33.9 Å². The number of halogens is 2. The topological polar surface area (TPSA) is 58.2 Å². The minimum absolute atomic E-state index is 0.189. The molecular weight excluding hydrogens is 307 g/mol. The maximum atomic E-state index is 11.7. The smallest absolute Gasteiger partial charge is 0.319 e. The third kappa shape index (κ3) is 5.38. The number of nitrogens with one attached hydrogen (secondary N) is 2. The van der Waals surface area contributed by atoms with Gasteiger partial charge in [-0.1, -0.05) is 23.2 Å². The second kappa shape index (κ2) is 7.12. The molecule has 0 radical (unpaired) electrons. The van der Waals surface area contributed by atoms with E-state index in [2.05, 4.69) is 10.6 Å². The predicted octanol–water partition coefficient (Wildman–Crippen LogP) is 3.19. The highest BCUT2D eigenvalue weighted by Crippen LogP contribution is 2.28. The summed E-state index contributed by atoms with van der Waals surface area (Å²) in [5.74, 6) is 0.399. The minimum Gasteiger partial charge on any atom is -0.334 e. The largest absolute Gasteiger partial charge is 0.334 e. The van der Waals surface area contributed by atoms with Gasteiger partial charge in [-0.2, -0.15) is 0 Å². The van der Waals surface area contributed by atoms with Gasteiger partial charge in [0.2, 0.25) is 0 Å². The van der Waals surface area contributed by atoms with Crippen molar-refractivity contribution in [3.63, 3.8) is 0 Å². The van der Waals surface area contributed by atoms with Gasteiger partial charge in [0.1, 0.15) is 0 Å². The third-order valence-electron chi connectivity index (χ3n) is 2.36. The van der Waals surface area contributed by atoms with Gasteiger partial charge in [0.15, 0.2) is 0 Å². The fourth-order valence-electron chi connectivity index (χ4n) is 1.52. The highest BCUT2D eigenvalue weighted by molar-refractivity contribution is 7.84. The molecule has 0 saturated heterocycles. The first-order valence-corrected chi connectivity index (χ1v) is 8.11. The van der Waals surface area contributed by atoms with Crippen LogP contribution in [-0.2, 0) is 10.8 Å². The number of benzene rings is 1. The van der Waals surface area contributed by atoms with Crippen LogP contribution < -0.4 is 10.6 Å². The number of carbonyl (C=O) groups is 1. The van der Waals surface area contributed by atoms with Gasteiger partial charge in [0.25, 0.3) is 0 Å². The fourth-order valence-corrected chi connectivity index (χ4v) is 2.73. The quantitative estimate of drug-likeness (QED) is 0.894. The van der Waals surface area contributed by atoms with E-state index in [4.69, 9.17) is 23.2 Å². The van der Waals surface area contributed by atoms with Crippen molar-refractivity contribution in [1.29, 1.82) is 0 Å². The van der Waals surface area contributed by atoms with Gasteiger partial charge in [-0.05, 0) is 31.5 Å². The van der Waals surface area contributed by atoms with E-state index in [1.807, 2.05) is 6.92 Å². The van der Waals surface area contributed by atoms with Crippen LogP contribution >= 0.6 is 23.2 Å². The molecule has 0 aliphatic heterocycles. The summed E-state index contributed by atoms with van der Waals surface area (Å²) < 4.78 is 11.0. The summed E-state index contributed by atoms with van der Waals surface area (Å²) in [5.41, 5.74) is 1.28. The van der Waals surface area contributed by atoms with Gasteiger partial charge in [0.05, 0.1) is 10.7 Å². The van der Waals surface area contributed by atoms with E-state index in [0.717, 1.165) is 5.56 Å². The van der Waals surface area contributed by atoms with Crippen molar-refractivity contribution in [2.75, 3.05) is 17.3 Å². The molecule has 2 N–H and O–H groups in total. The molecule has 0 unspecified atom stereocenters. The van der Waals surface area contributed by atoms with Crippen LogP contribution in [0.5, 0.6) is 0 Å². The second-order valence-electron chi connectivity index (χ2n) is 4.32. The highest BCUT2D eigenvalue weighted by Gasteiger charge is 2.11. The molecule has 19 heavy (non-hydrogen) atoms. The van der Waals surface area contributed by atoms with Crippen molar-refractivity contribution in [3.8, 4) is 0 Å². The molecule has 106 valence electrons. The van der Waals surface area contributed by atoms with E-state index in [0.29, 0.717) is 21.5 Å². The zero-order valence-corrected chi connectivity index (χ0v) is 13.2. The minimum atomic E-state index is -0.959. The van der Waals surface area contributed by atoms with E-state index >= 15 is 0 Å². The molecule has 1 aromatic carbocycles. The van der Waals surface area contributed by atoms with Crippen LogP contribution in [0.2, 0.25) is 10.0 Å². The summed E-state index contributed by atoms with van der Waals surface area (Å²) in [6.45, 7) is 3.61. The maximum Gasteiger partial charge on any atom is 0.319 e. The molecule has 4 nitrogen and oxygen atoms in total. The Balaban J connectivity index is 2.67. The predicted molar refractivity (Wildman–Crippen MR) is 81.7 cm³/mol. The van der Waals surface area contributed by atoms with E-state index in [1.165, 1.54) is 0 Å². The van der Waals surface area contributed by atoms with E-state index in [-0.39, 0.29) is 6.04 Å². The molecule has 1 rings (SSSR count). The number of hydrogen-bond donors (Lipinski definition) is 2. The zero-order chi connectivity index (χ0) is 14.6. The Morgan fingerprint density at radius 3 is 2.58 bits per heavy atom. The number of anilines is 1. The standard InChI is InChI=1S/C12H16Cl2N2O2S/c1-7-4-10(14)11(5-9(7)13)16-12(17)15-8(2)6-19(3)18/h4-5,8H,6H2,1-3H3,(H2,15,16,17)/t8-,19+/m0/s1. The first-order chi connectivity index (χ1) is 8.79. The fraction of sp³-hybridized carbons (Fsp3) is 0.417. The van der Waals surface area contributed by atoms with Crippen molar-refractivity contribution in [3.05, 3.63) is 27.7 Å². The SMILES string of the molecule is Cc1cc(Cl)c(NC(=O)N[C@@H](C)C[S@@](C)=O)cc1Cl. The summed E-state index contributed by atoms with van der Waals surface area (Å²) in [4.78, 5) is 11.7. The van der Waals surface area contributed by atoms with E-state index in [1.54, 1.807) is 25.3 Å². The molecular formula is C12H16Cl2N2O2S. The number of rotatable bonds is 4. The Morgan fingerprint density at radius 2 is 2.00 bits per heavy atom. The normalized spacial score (nSPS) is 13.7. The summed E-state index contributed by atoms with van der Waals surface area (Å²) in [6.07, 6.45) is 1.59. The van der Waals surface area contributed by atoms with Crippen LogP contribution in [0.25, 0.3) is 0 Å². The van der Waals surface area contributed by atoms with Crippen LogP contribution in [-0.4, -0.2) is 28.3 Å². The van der Waals surface area contributed by atoms with Gasteiger partial charge >= 0.3 is 6.03 Å². The summed E-state index contributed by atoms with van der Waals surface area (Å²) >= 11 is 12.0. The summed E-state index contributed by atoms with van der Waals surface area (Å²) in [6, 6.07) is 2.69. The van der Waals surface area contributed by atoms with Crippen molar-refractivity contribution < 1.29 is 9.00 Å². The van der Waals surface area contributed by atoms with Crippen molar-refractivity contribution in [1.82, 2.24) is 5.32 Å². The Kier molecular flexibility index (Phi) is 6.10. The highest BCUT2D eigenvalue weighted by atomic mass is 35.5. The van der Waals surface area contributed by atoms with Gasteiger partial charge in [-0.3, -0.25) is 4.21 Å². The van der Waals surface area contributed by atoms with E-state index in [9.17, 15) is 9.00 Å². The zero-order valence-electron chi connectivity index (χ0n) is 10.9. The Morgan fingerprint density at radius 1 is 1.37 bits per heavy atom. The summed E-state index contributed by atoms with van der Waals surface area (Å²) in [7, 11) is -0.959. The Labute approximate surface area is 125 Å². The van der Waals surface area contributed by atoms with Crippen LogP contribution in [0.1, 0.15) is 12.5 Å². The average Bonchev–Trinajstić information content (AvgIpc) is 2.24. The van der Waals surface area contributed by atoms with Gasteiger partial charge in [-0.25, -0.2) is 4.79 Å². The Bertz CT molecular complexity index is 509. The lowest BCUT2D eigenvalue weighted by molar-refractivity contribution is 0.250. The molecule has 0 fully saturated rings. The van der Waals surface area contributed by atoms with Crippen LogP contribution in [0.15, 0.2) is 12.1 Å². The average molecular weight is 323 g/mol. The van der Waals surface area contributed by atoms with Crippen LogP contribution in [0.3, 0.4) is 0 Å². The lowest BCUT2D eigenvalue weighted by Gasteiger charge is -2.14. The molecule has 1 aromatic rings. The van der Waals surface area contributed by atoms with Crippen molar-refractivity contribution >= 4 is 45.7 Å². The molecule has 0 bridgehead atoms. The molecule has 0 spiro atoms. The third-order valence-corrected chi connectivity index (χ3v) is 4.05. The van der Waals surface area contributed by atoms with Crippen molar-refractivity contribution in [2.45, 2.75) is 19.9 Å². The molecule has 0 aromatic heterocycles. The lowest BCUT2D eigenvalue weighted by Crippen LogP contribution is -2.39. The monoisotopic (exact) mass is 322 g/mol. The molecule has 2 amide bonds. The number of amides is 2. The number of hydrogen-bond acceptors (Lipinski definition) is 2. The first kappa shape index (κ1) is 16.3. The molecule has 0 heterocycles. The number of carbonyl (C=O) groups excluding carboxylic acids is 1. The molecule has 0 saturated carbocycles. The Hall–Kier alpha value is -0.780. The first-order valence-electron chi connectivity index (χ1n) is 5.62. The molecule has 7 heteroatoms. The lowest BCUT2D eigenvalue weighted by atomic mass is 10.2. The summed E-state index contributed by atoms with van der Waals surface area (Å²) in [5, 5.41) is 6.24. The van der Waals surface area contributed by atoms with Crippen molar-refractivity contribution in [2.24, 2.45) is 0 Å². The number of urea groups is 1. The van der Waals surface area contributed by atoms with Gasteiger partial charge in [-0.15, -0.1) is 0 Å². The van der Waals surface area contributed by atoms with Crippen LogP contribution in [0, 0.1) is 6.92 Å². The molecule has 0 aliphatic rings. The van der Waals surface area contributed by atoms with Crippen LogP contribution in [0.4, 0.5) is 10.5 Å². The number of aryl methyl sites for hydroxylation is 1. The maximum absolute atomic E-state index is 11.7. The molecule has 2 atom stereocenters. The van der Waals surface area contributed by atoms with Gasteiger partial charge < -0.3 is 10.6 Å². The molecule has 0 aliphatic carbocycles.